The van der Waals surface area contributed by atoms with Crippen molar-refractivity contribution < 1.29 is 14.3 Å². The zero-order valence-electron chi connectivity index (χ0n) is 19.9. The van der Waals surface area contributed by atoms with Gasteiger partial charge in [0.15, 0.2) is 0 Å². The Kier molecular flexibility index (Phi) is 5.87. The minimum atomic E-state index is -0.463. The second-order valence-corrected chi connectivity index (χ2v) is 10.7. The summed E-state index contributed by atoms with van der Waals surface area (Å²) in [4.78, 5) is 25.1. The Bertz CT molecular complexity index is 977. The molecule has 1 amide bonds. The van der Waals surface area contributed by atoms with Crippen molar-refractivity contribution in [3.05, 3.63) is 48.5 Å². The minimum absolute atomic E-state index is 0.182. The predicted molar refractivity (Wildman–Crippen MR) is 126 cm³/mol. The number of ether oxygens (including phenoxy) is 2. The van der Waals surface area contributed by atoms with Crippen molar-refractivity contribution in [1.82, 2.24) is 19.8 Å². The highest BCUT2D eigenvalue weighted by molar-refractivity contribution is 5.69. The standard InChI is InChI=1S/C26H34N4O3/c1-25(2,3)33-24(31)30-16-26(17-30)12-21(15-32-26)29-10-8-19(9-11-29)22-6-4-5-7-23(22)20-13-27-18-28-14-20/h4-7,13-14,18-19,21H,8-12,15-17H2,1-3H3/t21-/m0/s1. The molecule has 1 spiro atoms. The number of hydrogen-bond acceptors (Lipinski definition) is 6. The Labute approximate surface area is 196 Å². The number of piperidine rings is 1. The van der Waals surface area contributed by atoms with Crippen LogP contribution in [0.25, 0.3) is 11.1 Å². The van der Waals surface area contributed by atoms with E-state index in [0.29, 0.717) is 25.0 Å². The lowest BCUT2D eigenvalue weighted by atomic mass is 9.84. The molecule has 3 aliphatic rings. The largest absolute Gasteiger partial charge is 0.444 e. The van der Waals surface area contributed by atoms with Crippen LogP contribution in [-0.2, 0) is 9.47 Å². The number of amides is 1. The van der Waals surface area contributed by atoms with Gasteiger partial charge in [0.25, 0.3) is 0 Å². The van der Waals surface area contributed by atoms with Gasteiger partial charge in [-0.2, -0.15) is 0 Å². The molecule has 0 unspecified atom stereocenters. The molecule has 0 radical (unpaired) electrons. The first-order valence-corrected chi connectivity index (χ1v) is 12.0. The molecular formula is C26H34N4O3. The van der Waals surface area contributed by atoms with E-state index in [1.165, 1.54) is 11.1 Å². The van der Waals surface area contributed by atoms with E-state index in [9.17, 15) is 4.79 Å². The van der Waals surface area contributed by atoms with E-state index in [1.807, 2.05) is 33.2 Å². The molecule has 33 heavy (non-hydrogen) atoms. The molecule has 5 rings (SSSR count). The lowest BCUT2D eigenvalue weighted by Gasteiger charge is -2.47. The van der Waals surface area contributed by atoms with Gasteiger partial charge in [0, 0.05) is 24.0 Å². The zero-order valence-corrected chi connectivity index (χ0v) is 19.9. The van der Waals surface area contributed by atoms with Gasteiger partial charge in [-0.25, -0.2) is 14.8 Å². The molecule has 3 aliphatic heterocycles. The van der Waals surface area contributed by atoms with Crippen LogP contribution in [0.4, 0.5) is 4.79 Å². The van der Waals surface area contributed by atoms with Gasteiger partial charge in [0.05, 0.1) is 19.7 Å². The van der Waals surface area contributed by atoms with E-state index in [4.69, 9.17) is 9.47 Å². The van der Waals surface area contributed by atoms with Gasteiger partial charge in [0.2, 0.25) is 0 Å². The molecule has 3 saturated heterocycles. The molecule has 2 aromatic rings. The fraction of sp³-hybridized carbons (Fsp3) is 0.577. The Morgan fingerprint density at radius 2 is 1.82 bits per heavy atom. The zero-order chi connectivity index (χ0) is 23.1. The summed E-state index contributed by atoms with van der Waals surface area (Å²) in [5, 5.41) is 0. The van der Waals surface area contributed by atoms with Crippen molar-refractivity contribution in [3.8, 4) is 11.1 Å². The fourth-order valence-electron chi connectivity index (χ4n) is 5.51. The fourth-order valence-corrected chi connectivity index (χ4v) is 5.51. The van der Waals surface area contributed by atoms with Gasteiger partial charge >= 0.3 is 6.09 Å². The van der Waals surface area contributed by atoms with Crippen molar-refractivity contribution >= 4 is 6.09 Å². The average Bonchev–Trinajstić information content (AvgIpc) is 3.24. The Balaban J connectivity index is 1.16. The SMILES string of the molecule is CC(C)(C)OC(=O)N1CC2(C[C@H](N3CCC(c4ccccc4-c4cncnc4)CC3)CO2)C1. The van der Waals surface area contributed by atoms with Crippen molar-refractivity contribution in [2.24, 2.45) is 0 Å². The minimum Gasteiger partial charge on any atom is -0.444 e. The molecule has 0 bridgehead atoms. The summed E-state index contributed by atoms with van der Waals surface area (Å²) >= 11 is 0. The van der Waals surface area contributed by atoms with E-state index in [1.54, 1.807) is 11.2 Å². The third-order valence-corrected chi connectivity index (χ3v) is 7.12. The predicted octanol–water partition coefficient (Wildman–Crippen LogP) is 4.10. The Hall–Kier alpha value is -2.51. The number of benzene rings is 1. The summed E-state index contributed by atoms with van der Waals surface area (Å²) in [6.45, 7) is 9.89. The highest BCUT2D eigenvalue weighted by Gasteiger charge is 2.53. The van der Waals surface area contributed by atoms with Crippen LogP contribution in [0.2, 0.25) is 0 Å². The number of hydrogen-bond donors (Lipinski definition) is 0. The number of carbonyl (C=O) groups is 1. The Morgan fingerprint density at radius 3 is 2.52 bits per heavy atom. The quantitative estimate of drug-likeness (QED) is 0.701. The second-order valence-electron chi connectivity index (χ2n) is 10.7. The first-order chi connectivity index (χ1) is 15.8. The van der Waals surface area contributed by atoms with Crippen molar-refractivity contribution in [1.29, 1.82) is 0 Å². The number of carbonyl (C=O) groups excluding carboxylic acids is 1. The van der Waals surface area contributed by atoms with Crippen LogP contribution in [0.1, 0.15) is 51.5 Å². The second kappa shape index (κ2) is 8.69. The van der Waals surface area contributed by atoms with Crippen LogP contribution < -0.4 is 0 Å². The van der Waals surface area contributed by atoms with Crippen LogP contribution in [0, 0.1) is 0 Å². The maximum Gasteiger partial charge on any atom is 0.410 e. The van der Waals surface area contributed by atoms with Crippen molar-refractivity contribution in [2.75, 3.05) is 32.8 Å². The molecular weight excluding hydrogens is 416 g/mol. The Morgan fingerprint density at radius 1 is 1.12 bits per heavy atom. The summed E-state index contributed by atoms with van der Waals surface area (Å²) in [6, 6.07) is 9.11. The van der Waals surface area contributed by atoms with E-state index in [2.05, 4.69) is 39.1 Å². The van der Waals surface area contributed by atoms with Crippen molar-refractivity contribution in [3.63, 3.8) is 0 Å². The number of rotatable bonds is 3. The summed E-state index contributed by atoms with van der Waals surface area (Å²) in [7, 11) is 0. The normalized spacial score (nSPS) is 23.5. The highest BCUT2D eigenvalue weighted by atomic mass is 16.6. The molecule has 7 heteroatoms. The summed E-state index contributed by atoms with van der Waals surface area (Å²) < 4.78 is 11.7. The van der Waals surface area contributed by atoms with E-state index >= 15 is 0 Å². The maximum absolute atomic E-state index is 12.3. The smallest absolute Gasteiger partial charge is 0.410 e. The van der Waals surface area contributed by atoms with Gasteiger partial charge in [0.1, 0.15) is 17.5 Å². The van der Waals surface area contributed by atoms with Gasteiger partial charge in [-0.3, -0.25) is 4.90 Å². The molecule has 4 heterocycles. The first-order valence-electron chi connectivity index (χ1n) is 12.0. The van der Waals surface area contributed by atoms with Crippen LogP contribution in [0.3, 0.4) is 0 Å². The molecule has 1 aromatic heterocycles. The van der Waals surface area contributed by atoms with E-state index < -0.39 is 5.60 Å². The lowest BCUT2D eigenvalue weighted by molar-refractivity contribution is -0.109. The lowest BCUT2D eigenvalue weighted by Crippen LogP contribution is -2.64. The monoisotopic (exact) mass is 450 g/mol. The highest BCUT2D eigenvalue weighted by Crippen LogP contribution is 2.40. The van der Waals surface area contributed by atoms with Crippen LogP contribution >= 0.6 is 0 Å². The summed E-state index contributed by atoms with van der Waals surface area (Å²) in [5.74, 6) is 0.542. The molecule has 1 atom stereocenters. The molecule has 7 nitrogen and oxygen atoms in total. The number of nitrogens with zero attached hydrogens (tertiary/aromatic N) is 4. The maximum atomic E-state index is 12.3. The van der Waals surface area contributed by atoms with Gasteiger partial charge in [-0.15, -0.1) is 0 Å². The first kappa shape index (κ1) is 22.3. The molecule has 3 fully saturated rings. The van der Waals surface area contributed by atoms with Gasteiger partial charge < -0.3 is 14.4 Å². The molecule has 1 aromatic carbocycles. The molecule has 176 valence electrons. The number of likely N-dealkylation sites (tertiary alicyclic amines) is 2. The summed E-state index contributed by atoms with van der Waals surface area (Å²) in [6.07, 6.45) is 8.41. The van der Waals surface area contributed by atoms with Crippen LogP contribution in [0.15, 0.2) is 43.0 Å². The third kappa shape index (κ3) is 4.75. The average molecular weight is 451 g/mol. The third-order valence-electron chi connectivity index (χ3n) is 7.12. The van der Waals surface area contributed by atoms with Crippen LogP contribution in [-0.4, -0.2) is 75.9 Å². The van der Waals surface area contributed by atoms with Crippen molar-refractivity contribution in [2.45, 2.75) is 63.2 Å². The molecule has 0 aliphatic carbocycles. The van der Waals surface area contributed by atoms with Gasteiger partial charge in [-0.1, -0.05) is 24.3 Å². The van der Waals surface area contributed by atoms with Gasteiger partial charge in [-0.05, 0) is 70.2 Å². The molecule has 0 N–H and O–H groups in total. The number of aromatic nitrogens is 2. The van der Waals surface area contributed by atoms with Crippen LogP contribution in [0.5, 0.6) is 0 Å². The van der Waals surface area contributed by atoms with E-state index in [-0.39, 0.29) is 11.7 Å². The topological polar surface area (TPSA) is 67.8 Å². The van der Waals surface area contributed by atoms with E-state index in [0.717, 1.165) is 44.5 Å². The summed E-state index contributed by atoms with van der Waals surface area (Å²) in [5.41, 5.74) is 3.09. The molecule has 0 saturated carbocycles.